The summed E-state index contributed by atoms with van der Waals surface area (Å²) in [5.74, 6) is 2.95. The summed E-state index contributed by atoms with van der Waals surface area (Å²) in [7, 11) is 0. The Morgan fingerprint density at radius 3 is 2.13 bits per heavy atom. The molecule has 0 atom stereocenters. The van der Waals surface area contributed by atoms with E-state index in [-0.39, 0.29) is 0 Å². The molecule has 2 rings (SSSR count). The van der Waals surface area contributed by atoms with Crippen LogP contribution in [-0.4, -0.2) is 37.6 Å². The first-order valence-corrected chi connectivity index (χ1v) is 10.7. The zero-order valence-electron chi connectivity index (χ0n) is 16.0. The van der Waals surface area contributed by atoms with Gasteiger partial charge in [0.15, 0.2) is 0 Å². The van der Waals surface area contributed by atoms with E-state index < -0.39 is 0 Å². The Kier molecular flexibility index (Phi) is 9.60. The minimum Gasteiger partial charge on any atom is -0.317 e. The fraction of sp³-hybridized carbons (Fsp3) is 1.00. The van der Waals surface area contributed by atoms with Gasteiger partial charge in [-0.25, -0.2) is 0 Å². The Balaban J connectivity index is 1.44. The minimum atomic E-state index is 0.885. The molecular formula is C21H42N2. The van der Waals surface area contributed by atoms with E-state index in [2.05, 4.69) is 24.1 Å². The van der Waals surface area contributed by atoms with E-state index >= 15 is 0 Å². The maximum Gasteiger partial charge on any atom is -0.00161 e. The van der Waals surface area contributed by atoms with Crippen LogP contribution in [0.25, 0.3) is 0 Å². The fourth-order valence-electron chi connectivity index (χ4n) is 4.43. The first-order chi connectivity index (χ1) is 11.2. The van der Waals surface area contributed by atoms with E-state index in [9.17, 15) is 0 Å². The molecule has 1 N–H and O–H groups in total. The molecule has 23 heavy (non-hydrogen) atoms. The van der Waals surface area contributed by atoms with Gasteiger partial charge in [-0.2, -0.15) is 0 Å². The normalized spacial score (nSPS) is 22.0. The second kappa shape index (κ2) is 11.5. The van der Waals surface area contributed by atoms with Crippen LogP contribution in [-0.2, 0) is 0 Å². The third kappa shape index (κ3) is 8.54. The van der Waals surface area contributed by atoms with Crippen LogP contribution >= 0.6 is 0 Å². The molecule has 2 nitrogen and oxygen atoms in total. The molecule has 0 aromatic heterocycles. The van der Waals surface area contributed by atoms with Crippen molar-refractivity contribution in [2.45, 2.75) is 84.5 Å². The van der Waals surface area contributed by atoms with Crippen LogP contribution in [0.5, 0.6) is 0 Å². The van der Waals surface area contributed by atoms with Crippen molar-refractivity contribution in [3.8, 4) is 0 Å². The average Bonchev–Trinajstić information content (AvgIpc) is 2.57. The van der Waals surface area contributed by atoms with Crippen LogP contribution in [0.2, 0.25) is 0 Å². The van der Waals surface area contributed by atoms with Crippen molar-refractivity contribution in [2.24, 2.45) is 17.8 Å². The van der Waals surface area contributed by atoms with E-state index in [1.807, 2.05) is 0 Å². The molecule has 0 spiro atoms. The van der Waals surface area contributed by atoms with E-state index in [1.165, 1.54) is 103 Å². The second-order valence-corrected chi connectivity index (χ2v) is 8.65. The number of likely N-dealkylation sites (tertiary alicyclic amines) is 1. The number of nitrogens with zero attached hydrogens (tertiary/aromatic N) is 1. The number of piperidine rings is 2. The van der Waals surface area contributed by atoms with Crippen LogP contribution in [0, 0.1) is 17.8 Å². The highest BCUT2D eigenvalue weighted by Gasteiger charge is 2.19. The quantitative estimate of drug-likeness (QED) is 0.564. The van der Waals surface area contributed by atoms with Crippen LogP contribution in [0.15, 0.2) is 0 Å². The average molecular weight is 323 g/mol. The van der Waals surface area contributed by atoms with Crippen LogP contribution in [0.3, 0.4) is 0 Å². The highest BCUT2D eigenvalue weighted by molar-refractivity contribution is 4.74. The van der Waals surface area contributed by atoms with E-state index in [1.54, 1.807) is 0 Å². The van der Waals surface area contributed by atoms with E-state index in [4.69, 9.17) is 0 Å². The van der Waals surface area contributed by atoms with Crippen LogP contribution in [0.4, 0.5) is 0 Å². The lowest BCUT2D eigenvalue weighted by molar-refractivity contribution is 0.172. The van der Waals surface area contributed by atoms with Crippen LogP contribution in [0.1, 0.15) is 84.5 Å². The zero-order chi connectivity index (χ0) is 16.3. The molecule has 0 aromatic carbocycles. The maximum atomic E-state index is 3.48. The highest BCUT2D eigenvalue weighted by atomic mass is 15.1. The molecule has 2 heterocycles. The molecule has 136 valence electrons. The van der Waals surface area contributed by atoms with Gasteiger partial charge in [0.1, 0.15) is 0 Å². The number of unbranched alkanes of at least 4 members (excludes halogenated alkanes) is 2. The Hall–Kier alpha value is -0.0800. The maximum absolute atomic E-state index is 3.48. The van der Waals surface area contributed by atoms with Crippen molar-refractivity contribution in [1.82, 2.24) is 10.2 Å². The smallest absolute Gasteiger partial charge is 0.00161 e. The summed E-state index contributed by atoms with van der Waals surface area (Å²) in [6, 6.07) is 0. The molecule has 2 saturated heterocycles. The van der Waals surface area contributed by atoms with Crippen molar-refractivity contribution in [3.05, 3.63) is 0 Å². The topological polar surface area (TPSA) is 15.3 Å². The molecule has 2 fully saturated rings. The van der Waals surface area contributed by atoms with Crippen molar-refractivity contribution < 1.29 is 0 Å². The lowest BCUT2D eigenvalue weighted by atomic mass is 9.87. The van der Waals surface area contributed by atoms with Gasteiger partial charge in [-0.15, -0.1) is 0 Å². The summed E-state index contributed by atoms with van der Waals surface area (Å²) in [5, 5.41) is 3.48. The Morgan fingerprint density at radius 1 is 0.826 bits per heavy atom. The van der Waals surface area contributed by atoms with Gasteiger partial charge < -0.3 is 10.2 Å². The molecule has 0 amide bonds. The molecule has 2 heteroatoms. The largest absolute Gasteiger partial charge is 0.317 e. The van der Waals surface area contributed by atoms with Gasteiger partial charge in [-0.05, 0) is 82.6 Å². The van der Waals surface area contributed by atoms with Gasteiger partial charge in [0, 0.05) is 0 Å². The SMILES string of the molecule is CC(C)CCCCCN1CCC(CCCC2CCNCC2)CC1. The third-order valence-corrected chi connectivity index (χ3v) is 6.15. The lowest BCUT2D eigenvalue weighted by Crippen LogP contribution is -2.34. The summed E-state index contributed by atoms with van der Waals surface area (Å²) < 4.78 is 0. The number of rotatable bonds is 10. The van der Waals surface area contributed by atoms with Gasteiger partial charge in [0.05, 0.1) is 0 Å². The summed E-state index contributed by atoms with van der Waals surface area (Å²) in [6.45, 7) is 11.3. The lowest BCUT2D eigenvalue weighted by Gasteiger charge is -2.32. The van der Waals surface area contributed by atoms with Crippen molar-refractivity contribution >= 4 is 0 Å². The molecule has 2 aliphatic heterocycles. The molecule has 0 aliphatic carbocycles. The second-order valence-electron chi connectivity index (χ2n) is 8.65. The molecule has 0 bridgehead atoms. The molecule has 0 unspecified atom stereocenters. The Morgan fingerprint density at radius 2 is 1.48 bits per heavy atom. The highest BCUT2D eigenvalue weighted by Crippen LogP contribution is 2.26. The zero-order valence-corrected chi connectivity index (χ0v) is 16.0. The standard InChI is InChI=1S/C21H42N2/c1-19(2)7-4-3-5-16-23-17-12-21(13-18-23)9-6-8-20-10-14-22-15-11-20/h19-22H,3-18H2,1-2H3. The Bertz CT molecular complexity index is 276. The van der Waals surface area contributed by atoms with E-state index in [0.717, 1.165) is 17.8 Å². The summed E-state index contributed by atoms with van der Waals surface area (Å²) in [4.78, 5) is 2.73. The molecule has 0 aromatic rings. The van der Waals surface area contributed by atoms with Crippen molar-refractivity contribution in [2.75, 3.05) is 32.7 Å². The predicted octanol–water partition coefficient (Wildman–Crippen LogP) is 5.08. The first kappa shape index (κ1) is 19.2. The monoisotopic (exact) mass is 322 g/mol. The number of hydrogen-bond acceptors (Lipinski definition) is 2. The molecule has 2 aliphatic rings. The fourth-order valence-corrected chi connectivity index (χ4v) is 4.43. The first-order valence-electron chi connectivity index (χ1n) is 10.7. The van der Waals surface area contributed by atoms with Gasteiger partial charge >= 0.3 is 0 Å². The molecule has 0 saturated carbocycles. The third-order valence-electron chi connectivity index (χ3n) is 6.15. The predicted molar refractivity (Wildman–Crippen MR) is 102 cm³/mol. The summed E-state index contributed by atoms with van der Waals surface area (Å²) >= 11 is 0. The van der Waals surface area contributed by atoms with Gasteiger partial charge in [0.2, 0.25) is 0 Å². The number of hydrogen-bond donors (Lipinski definition) is 1. The summed E-state index contributed by atoms with van der Waals surface area (Å²) in [5.41, 5.74) is 0. The summed E-state index contributed by atoms with van der Waals surface area (Å²) in [6.07, 6.45) is 16.0. The van der Waals surface area contributed by atoms with Crippen LogP contribution < -0.4 is 5.32 Å². The van der Waals surface area contributed by atoms with Gasteiger partial charge in [-0.1, -0.05) is 52.4 Å². The van der Waals surface area contributed by atoms with E-state index in [0.29, 0.717) is 0 Å². The van der Waals surface area contributed by atoms with Crippen molar-refractivity contribution in [3.63, 3.8) is 0 Å². The molecular weight excluding hydrogens is 280 g/mol. The minimum absolute atomic E-state index is 0.885. The van der Waals surface area contributed by atoms with Gasteiger partial charge in [0.25, 0.3) is 0 Å². The molecule has 0 radical (unpaired) electrons. The van der Waals surface area contributed by atoms with Gasteiger partial charge in [-0.3, -0.25) is 0 Å². The Labute approximate surface area is 145 Å². The number of nitrogens with one attached hydrogen (secondary N) is 1. The van der Waals surface area contributed by atoms with Crippen molar-refractivity contribution in [1.29, 1.82) is 0 Å².